The van der Waals surface area contributed by atoms with Crippen molar-refractivity contribution < 1.29 is 0 Å². The summed E-state index contributed by atoms with van der Waals surface area (Å²) in [5.41, 5.74) is 0. The van der Waals surface area contributed by atoms with E-state index in [1.807, 2.05) is 11.3 Å². The monoisotopic (exact) mass is 223 g/mol. The standard InChI is InChI=1S/C13H21NS/c1-3-12-8-9-13(15-12)10(2)14-11-6-4-5-7-11/h8-11,14H,3-7H2,1-2H3. The fourth-order valence-corrected chi connectivity index (χ4v) is 3.31. The third-order valence-electron chi connectivity index (χ3n) is 3.30. The van der Waals surface area contributed by atoms with Gasteiger partial charge in [0, 0.05) is 21.8 Å². The molecule has 1 fully saturated rings. The molecule has 1 aliphatic rings. The molecule has 0 saturated heterocycles. The molecular formula is C13H21NS. The average Bonchev–Trinajstić information content (AvgIpc) is 2.86. The number of hydrogen-bond acceptors (Lipinski definition) is 2. The van der Waals surface area contributed by atoms with Gasteiger partial charge in [-0.1, -0.05) is 19.8 Å². The van der Waals surface area contributed by atoms with Gasteiger partial charge in [-0.05, 0) is 38.3 Å². The summed E-state index contributed by atoms with van der Waals surface area (Å²) in [6.07, 6.45) is 6.73. The van der Waals surface area contributed by atoms with Crippen molar-refractivity contribution in [3.63, 3.8) is 0 Å². The average molecular weight is 223 g/mol. The molecule has 2 rings (SSSR count). The second kappa shape index (κ2) is 5.13. The Bertz CT molecular complexity index is 299. The first-order valence-corrected chi connectivity index (χ1v) is 6.96. The fraction of sp³-hybridized carbons (Fsp3) is 0.692. The SMILES string of the molecule is CCc1ccc(C(C)NC2CCCC2)s1. The van der Waals surface area contributed by atoms with Crippen molar-refractivity contribution in [2.24, 2.45) is 0 Å². The van der Waals surface area contributed by atoms with Crippen LogP contribution in [0.2, 0.25) is 0 Å². The van der Waals surface area contributed by atoms with E-state index in [4.69, 9.17) is 0 Å². The van der Waals surface area contributed by atoms with E-state index >= 15 is 0 Å². The molecule has 0 aromatic carbocycles. The van der Waals surface area contributed by atoms with Crippen LogP contribution < -0.4 is 5.32 Å². The molecule has 1 nitrogen and oxygen atoms in total. The number of hydrogen-bond donors (Lipinski definition) is 1. The quantitative estimate of drug-likeness (QED) is 0.816. The van der Waals surface area contributed by atoms with Crippen LogP contribution >= 0.6 is 11.3 Å². The molecule has 1 N–H and O–H groups in total. The van der Waals surface area contributed by atoms with E-state index in [9.17, 15) is 0 Å². The van der Waals surface area contributed by atoms with Gasteiger partial charge in [0.15, 0.2) is 0 Å². The van der Waals surface area contributed by atoms with Crippen LogP contribution in [0.4, 0.5) is 0 Å². The van der Waals surface area contributed by atoms with Gasteiger partial charge < -0.3 is 5.32 Å². The molecule has 0 amide bonds. The Kier molecular flexibility index (Phi) is 3.81. The van der Waals surface area contributed by atoms with Crippen LogP contribution in [-0.2, 0) is 6.42 Å². The van der Waals surface area contributed by atoms with Crippen molar-refractivity contribution in [2.45, 2.75) is 58.0 Å². The van der Waals surface area contributed by atoms with E-state index in [2.05, 4.69) is 31.3 Å². The molecule has 1 atom stereocenters. The van der Waals surface area contributed by atoms with Crippen LogP contribution in [0.1, 0.15) is 55.3 Å². The molecule has 0 aliphatic heterocycles. The summed E-state index contributed by atoms with van der Waals surface area (Å²) in [5.74, 6) is 0. The number of rotatable bonds is 4. The first-order chi connectivity index (χ1) is 7.29. The minimum Gasteiger partial charge on any atom is -0.307 e. The summed E-state index contributed by atoms with van der Waals surface area (Å²) in [5, 5.41) is 3.74. The summed E-state index contributed by atoms with van der Waals surface area (Å²) < 4.78 is 0. The van der Waals surface area contributed by atoms with Gasteiger partial charge in [0.1, 0.15) is 0 Å². The van der Waals surface area contributed by atoms with Gasteiger partial charge in [-0.15, -0.1) is 11.3 Å². The summed E-state index contributed by atoms with van der Waals surface area (Å²) in [7, 11) is 0. The maximum Gasteiger partial charge on any atom is 0.0388 e. The van der Waals surface area contributed by atoms with Crippen LogP contribution in [0.15, 0.2) is 12.1 Å². The van der Waals surface area contributed by atoms with Crippen LogP contribution in [0, 0.1) is 0 Å². The molecule has 2 heteroatoms. The highest BCUT2D eigenvalue weighted by molar-refractivity contribution is 7.12. The van der Waals surface area contributed by atoms with E-state index in [0.29, 0.717) is 6.04 Å². The molecule has 1 unspecified atom stereocenters. The molecule has 1 aromatic rings. The van der Waals surface area contributed by atoms with Crippen LogP contribution in [0.3, 0.4) is 0 Å². The molecule has 84 valence electrons. The van der Waals surface area contributed by atoms with E-state index < -0.39 is 0 Å². The molecular weight excluding hydrogens is 202 g/mol. The van der Waals surface area contributed by atoms with E-state index in [1.54, 1.807) is 0 Å². The van der Waals surface area contributed by atoms with Gasteiger partial charge in [0.25, 0.3) is 0 Å². The molecule has 15 heavy (non-hydrogen) atoms. The van der Waals surface area contributed by atoms with E-state index in [1.165, 1.54) is 41.9 Å². The predicted octanol–water partition coefficient (Wildman–Crippen LogP) is 3.90. The Labute approximate surface area is 96.9 Å². The fourth-order valence-electron chi connectivity index (χ4n) is 2.35. The zero-order valence-corrected chi connectivity index (χ0v) is 10.6. The highest BCUT2D eigenvalue weighted by atomic mass is 32.1. The largest absolute Gasteiger partial charge is 0.307 e. The topological polar surface area (TPSA) is 12.0 Å². The van der Waals surface area contributed by atoms with Gasteiger partial charge in [-0.25, -0.2) is 0 Å². The normalized spacial score (nSPS) is 19.6. The summed E-state index contributed by atoms with van der Waals surface area (Å²) >= 11 is 1.96. The van der Waals surface area contributed by atoms with Crippen LogP contribution in [-0.4, -0.2) is 6.04 Å². The Morgan fingerprint density at radius 1 is 1.40 bits per heavy atom. The first-order valence-electron chi connectivity index (χ1n) is 6.14. The van der Waals surface area contributed by atoms with Crippen molar-refractivity contribution in [3.05, 3.63) is 21.9 Å². The van der Waals surface area contributed by atoms with Crippen LogP contribution in [0.25, 0.3) is 0 Å². The lowest BCUT2D eigenvalue weighted by Crippen LogP contribution is -2.28. The summed E-state index contributed by atoms with van der Waals surface area (Å²) in [6, 6.07) is 5.87. The highest BCUT2D eigenvalue weighted by Crippen LogP contribution is 2.26. The zero-order chi connectivity index (χ0) is 10.7. The summed E-state index contributed by atoms with van der Waals surface area (Å²) in [4.78, 5) is 3.00. The minimum absolute atomic E-state index is 0.540. The number of nitrogens with one attached hydrogen (secondary N) is 1. The van der Waals surface area contributed by atoms with Gasteiger partial charge in [-0.3, -0.25) is 0 Å². The molecule has 0 spiro atoms. The third-order valence-corrected chi connectivity index (χ3v) is 4.71. The number of thiophene rings is 1. The maximum absolute atomic E-state index is 3.74. The smallest absolute Gasteiger partial charge is 0.0388 e. The van der Waals surface area contributed by atoms with Crippen molar-refractivity contribution >= 4 is 11.3 Å². The summed E-state index contributed by atoms with van der Waals surface area (Å²) in [6.45, 7) is 4.52. The number of aryl methyl sites for hydroxylation is 1. The van der Waals surface area contributed by atoms with Crippen molar-refractivity contribution in [1.82, 2.24) is 5.32 Å². The lowest BCUT2D eigenvalue weighted by atomic mass is 10.2. The molecule has 1 saturated carbocycles. The Morgan fingerprint density at radius 3 is 2.73 bits per heavy atom. The van der Waals surface area contributed by atoms with Crippen molar-refractivity contribution in [2.75, 3.05) is 0 Å². The molecule has 0 radical (unpaired) electrons. The van der Waals surface area contributed by atoms with Gasteiger partial charge in [0.05, 0.1) is 0 Å². The lowest BCUT2D eigenvalue weighted by molar-refractivity contribution is 0.465. The van der Waals surface area contributed by atoms with Gasteiger partial charge in [0.2, 0.25) is 0 Å². The lowest BCUT2D eigenvalue weighted by Gasteiger charge is -2.17. The first kappa shape index (κ1) is 11.2. The molecule has 1 aliphatic carbocycles. The van der Waals surface area contributed by atoms with Crippen LogP contribution in [0.5, 0.6) is 0 Å². The van der Waals surface area contributed by atoms with E-state index in [0.717, 1.165) is 6.04 Å². The van der Waals surface area contributed by atoms with Gasteiger partial charge in [-0.2, -0.15) is 0 Å². The maximum atomic E-state index is 3.74. The Hall–Kier alpha value is -0.340. The molecule has 0 bridgehead atoms. The second-order valence-corrected chi connectivity index (χ2v) is 5.73. The second-order valence-electron chi connectivity index (χ2n) is 4.53. The van der Waals surface area contributed by atoms with Crippen molar-refractivity contribution in [1.29, 1.82) is 0 Å². The Morgan fingerprint density at radius 2 is 2.13 bits per heavy atom. The predicted molar refractivity (Wildman–Crippen MR) is 67.5 cm³/mol. The Balaban J connectivity index is 1.91. The third kappa shape index (κ3) is 2.82. The molecule has 1 heterocycles. The minimum atomic E-state index is 0.540. The zero-order valence-electron chi connectivity index (χ0n) is 9.75. The van der Waals surface area contributed by atoms with Gasteiger partial charge >= 0.3 is 0 Å². The van der Waals surface area contributed by atoms with Crippen molar-refractivity contribution in [3.8, 4) is 0 Å². The molecule has 1 aromatic heterocycles. The van der Waals surface area contributed by atoms with E-state index in [-0.39, 0.29) is 0 Å². The highest BCUT2D eigenvalue weighted by Gasteiger charge is 2.18.